The molecule has 0 amide bonds. The highest BCUT2D eigenvalue weighted by atomic mass is 127. The Balaban J connectivity index is 0.00000338. The minimum absolute atomic E-state index is 0. The highest BCUT2D eigenvalue weighted by Gasteiger charge is 2.11. The fourth-order valence-electron chi connectivity index (χ4n) is 2.11. The van der Waals surface area contributed by atoms with E-state index >= 15 is 0 Å². The lowest BCUT2D eigenvalue weighted by molar-refractivity contribution is -0.0499. The van der Waals surface area contributed by atoms with E-state index in [9.17, 15) is 13.9 Å². The number of aliphatic hydroxyl groups is 1. The monoisotopic (exact) mass is 479 g/mol. The van der Waals surface area contributed by atoms with E-state index in [0.717, 1.165) is 0 Å². The van der Waals surface area contributed by atoms with Crippen molar-refractivity contribution >= 4 is 35.6 Å². The summed E-state index contributed by atoms with van der Waals surface area (Å²) in [6, 6.07) is 13.0. The minimum Gasteiger partial charge on any atom is -0.495 e. The van der Waals surface area contributed by atoms with Crippen LogP contribution < -0.4 is 20.5 Å². The standard InChI is InChI=1S/C17H19F2N3O3.HI/c1-24-15-8-3-2-7-13(15)22-17(20)21-10-14(23)11-5-4-6-12(9-11)25-16(18)19;/h2-9,14,16,23H,10H2,1H3,(H3,20,21,22);1H. The third-order valence-corrected chi connectivity index (χ3v) is 3.27. The zero-order valence-corrected chi connectivity index (χ0v) is 16.3. The van der Waals surface area contributed by atoms with Crippen LogP contribution in [0.2, 0.25) is 0 Å². The van der Waals surface area contributed by atoms with Crippen molar-refractivity contribution in [1.82, 2.24) is 0 Å². The number of methoxy groups -OCH3 is 1. The first-order valence-corrected chi connectivity index (χ1v) is 7.42. The van der Waals surface area contributed by atoms with Crippen LogP contribution in [0.5, 0.6) is 11.5 Å². The quantitative estimate of drug-likeness (QED) is 0.322. The van der Waals surface area contributed by atoms with Gasteiger partial charge in [-0.2, -0.15) is 8.78 Å². The molecule has 4 N–H and O–H groups in total. The van der Waals surface area contributed by atoms with Gasteiger partial charge in [-0.25, -0.2) is 0 Å². The highest BCUT2D eigenvalue weighted by molar-refractivity contribution is 14.0. The van der Waals surface area contributed by atoms with Crippen LogP contribution in [0.4, 0.5) is 14.5 Å². The second kappa shape index (κ2) is 10.8. The first-order chi connectivity index (χ1) is 12.0. The van der Waals surface area contributed by atoms with E-state index in [1.165, 1.54) is 25.3 Å². The number of ether oxygens (including phenoxy) is 2. The third kappa shape index (κ3) is 6.64. The smallest absolute Gasteiger partial charge is 0.387 e. The number of halogens is 3. The number of nitrogens with zero attached hydrogens (tertiary/aromatic N) is 1. The van der Waals surface area contributed by atoms with E-state index < -0.39 is 12.7 Å². The van der Waals surface area contributed by atoms with Crippen LogP contribution in [0.15, 0.2) is 53.5 Å². The number of alkyl halides is 2. The Morgan fingerprint density at radius 1 is 1.23 bits per heavy atom. The number of anilines is 1. The summed E-state index contributed by atoms with van der Waals surface area (Å²) >= 11 is 0. The Bertz CT molecular complexity index is 732. The van der Waals surface area contributed by atoms with Gasteiger partial charge in [0.1, 0.15) is 11.5 Å². The molecule has 1 atom stereocenters. The predicted molar refractivity (Wildman–Crippen MR) is 107 cm³/mol. The number of aliphatic hydroxyl groups excluding tert-OH is 1. The van der Waals surface area contributed by atoms with Crippen LogP contribution in [0.1, 0.15) is 11.7 Å². The van der Waals surface area contributed by atoms with Crippen molar-refractivity contribution in [2.45, 2.75) is 12.7 Å². The van der Waals surface area contributed by atoms with Crippen molar-refractivity contribution < 1.29 is 23.4 Å². The van der Waals surface area contributed by atoms with Crippen molar-refractivity contribution in [2.24, 2.45) is 10.7 Å². The second-order valence-electron chi connectivity index (χ2n) is 5.02. The maximum absolute atomic E-state index is 12.2. The maximum atomic E-state index is 12.2. The van der Waals surface area contributed by atoms with Crippen molar-refractivity contribution in [3.8, 4) is 11.5 Å². The fourth-order valence-corrected chi connectivity index (χ4v) is 2.11. The number of nitrogens with one attached hydrogen (secondary N) is 1. The molecule has 1 unspecified atom stereocenters. The van der Waals surface area contributed by atoms with Crippen LogP contribution >= 0.6 is 24.0 Å². The molecule has 2 aromatic carbocycles. The molecule has 0 aromatic heterocycles. The first kappa shape index (κ1) is 21.9. The lowest BCUT2D eigenvalue weighted by atomic mass is 10.1. The Morgan fingerprint density at radius 2 is 1.96 bits per heavy atom. The van der Waals surface area contributed by atoms with Gasteiger partial charge in [-0.05, 0) is 29.8 Å². The Labute approximate surface area is 167 Å². The van der Waals surface area contributed by atoms with Gasteiger partial charge in [0, 0.05) is 0 Å². The normalized spacial score (nSPS) is 12.3. The number of guanidine groups is 1. The van der Waals surface area contributed by atoms with E-state index in [0.29, 0.717) is 17.0 Å². The van der Waals surface area contributed by atoms with E-state index in [4.69, 9.17) is 10.5 Å². The molecule has 2 aromatic rings. The Morgan fingerprint density at radius 3 is 2.65 bits per heavy atom. The Hall–Kier alpha value is -2.14. The summed E-state index contributed by atoms with van der Waals surface area (Å²) in [5.41, 5.74) is 6.83. The average molecular weight is 479 g/mol. The molecular formula is C17H20F2IN3O3. The van der Waals surface area contributed by atoms with Crippen molar-refractivity contribution in [1.29, 1.82) is 0 Å². The van der Waals surface area contributed by atoms with Gasteiger partial charge in [0.25, 0.3) is 0 Å². The van der Waals surface area contributed by atoms with Gasteiger partial charge in [0.05, 0.1) is 25.4 Å². The molecule has 142 valence electrons. The van der Waals surface area contributed by atoms with Crippen LogP contribution in [0.25, 0.3) is 0 Å². The first-order valence-electron chi connectivity index (χ1n) is 7.42. The zero-order chi connectivity index (χ0) is 18.2. The molecule has 0 fully saturated rings. The summed E-state index contributed by atoms with van der Waals surface area (Å²) in [4.78, 5) is 4.05. The van der Waals surface area contributed by atoms with E-state index in [1.807, 2.05) is 12.1 Å². The molecule has 0 aliphatic rings. The van der Waals surface area contributed by atoms with Gasteiger partial charge in [-0.15, -0.1) is 24.0 Å². The number of hydrogen-bond acceptors (Lipinski definition) is 4. The number of para-hydroxylation sites is 2. The van der Waals surface area contributed by atoms with Gasteiger partial charge in [-0.1, -0.05) is 24.3 Å². The summed E-state index contributed by atoms with van der Waals surface area (Å²) < 4.78 is 34.0. The molecule has 6 nitrogen and oxygen atoms in total. The molecular weight excluding hydrogens is 459 g/mol. The van der Waals surface area contributed by atoms with Crippen LogP contribution in [-0.2, 0) is 0 Å². The summed E-state index contributed by atoms with van der Waals surface area (Å²) in [5, 5.41) is 13.0. The largest absolute Gasteiger partial charge is 0.495 e. The number of benzene rings is 2. The van der Waals surface area contributed by atoms with Crippen LogP contribution in [0.3, 0.4) is 0 Å². The average Bonchev–Trinajstić information content (AvgIpc) is 2.60. The molecule has 0 radical (unpaired) electrons. The SMILES string of the molecule is COc1ccccc1NC(N)=NCC(O)c1cccc(OC(F)F)c1.I. The molecule has 0 saturated heterocycles. The predicted octanol–water partition coefficient (Wildman–Crippen LogP) is 3.37. The molecule has 26 heavy (non-hydrogen) atoms. The van der Waals surface area contributed by atoms with Crippen molar-refractivity contribution in [3.63, 3.8) is 0 Å². The van der Waals surface area contributed by atoms with Gasteiger partial charge in [0.2, 0.25) is 0 Å². The Kier molecular flexibility index (Phi) is 9.07. The lowest BCUT2D eigenvalue weighted by Crippen LogP contribution is -2.24. The van der Waals surface area contributed by atoms with Crippen molar-refractivity contribution in [3.05, 3.63) is 54.1 Å². The summed E-state index contributed by atoms with van der Waals surface area (Å²) in [6.45, 7) is -2.97. The zero-order valence-electron chi connectivity index (χ0n) is 13.9. The summed E-state index contributed by atoms with van der Waals surface area (Å²) in [5.74, 6) is 0.650. The molecule has 2 rings (SSSR count). The highest BCUT2D eigenvalue weighted by Crippen LogP contribution is 2.23. The molecule has 0 aliphatic carbocycles. The number of rotatable bonds is 7. The summed E-state index contributed by atoms with van der Waals surface area (Å²) in [7, 11) is 1.53. The fraction of sp³-hybridized carbons (Fsp3) is 0.235. The van der Waals surface area contributed by atoms with Crippen LogP contribution in [-0.4, -0.2) is 31.3 Å². The lowest BCUT2D eigenvalue weighted by Gasteiger charge is -2.13. The van der Waals surface area contributed by atoms with E-state index in [-0.39, 0.29) is 42.2 Å². The maximum Gasteiger partial charge on any atom is 0.387 e. The number of hydrogen-bond donors (Lipinski definition) is 3. The van der Waals surface area contributed by atoms with Gasteiger partial charge in [-0.3, -0.25) is 4.99 Å². The molecule has 0 bridgehead atoms. The molecule has 9 heteroatoms. The summed E-state index contributed by atoms with van der Waals surface area (Å²) in [6.07, 6.45) is -1.01. The third-order valence-electron chi connectivity index (χ3n) is 3.27. The van der Waals surface area contributed by atoms with E-state index in [2.05, 4.69) is 15.0 Å². The molecule has 0 heterocycles. The second-order valence-corrected chi connectivity index (χ2v) is 5.02. The van der Waals surface area contributed by atoms with E-state index in [1.54, 1.807) is 18.2 Å². The van der Waals surface area contributed by atoms with Gasteiger partial charge >= 0.3 is 6.61 Å². The minimum atomic E-state index is -2.92. The molecule has 0 aliphatic heterocycles. The molecule has 0 spiro atoms. The van der Waals surface area contributed by atoms with Gasteiger partial charge in [0.15, 0.2) is 5.96 Å². The topological polar surface area (TPSA) is 89.1 Å². The number of nitrogens with two attached hydrogens (primary N) is 1. The van der Waals surface area contributed by atoms with Crippen molar-refractivity contribution in [2.75, 3.05) is 19.0 Å². The van der Waals surface area contributed by atoms with Crippen LogP contribution in [0, 0.1) is 0 Å². The number of aliphatic imine (C=N–C) groups is 1. The molecule has 0 saturated carbocycles. The van der Waals surface area contributed by atoms with Gasteiger partial charge < -0.3 is 25.6 Å².